The van der Waals surface area contributed by atoms with Crippen LogP contribution in [0.3, 0.4) is 0 Å². The smallest absolute Gasteiger partial charge is 0.306 e. The third-order valence-corrected chi connectivity index (χ3v) is 13.5. The summed E-state index contributed by atoms with van der Waals surface area (Å²) in [6.45, 7) is 6.67. The van der Waals surface area contributed by atoms with Gasteiger partial charge >= 0.3 is 17.9 Å². The predicted molar refractivity (Wildman–Crippen MR) is 289 cm³/mol. The number of hydrogen-bond donors (Lipinski definition) is 0. The van der Waals surface area contributed by atoms with Gasteiger partial charge in [-0.05, 0) is 51.4 Å². The summed E-state index contributed by atoms with van der Waals surface area (Å²) in [7, 11) is 0. The van der Waals surface area contributed by atoms with Gasteiger partial charge in [-0.25, -0.2) is 0 Å². The van der Waals surface area contributed by atoms with Crippen molar-refractivity contribution in [1.29, 1.82) is 0 Å². The molecule has 1 unspecified atom stereocenters. The maximum Gasteiger partial charge on any atom is 0.306 e. The topological polar surface area (TPSA) is 78.9 Å². The van der Waals surface area contributed by atoms with Gasteiger partial charge in [-0.15, -0.1) is 0 Å². The summed E-state index contributed by atoms with van der Waals surface area (Å²) in [5.74, 6) is -0.847. The highest BCUT2D eigenvalue weighted by Gasteiger charge is 2.19. The molecule has 0 amide bonds. The number of allylic oxidation sites excluding steroid dienone is 4. The maximum absolute atomic E-state index is 12.9. The summed E-state index contributed by atoms with van der Waals surface area (Å²) >= 11 is 0. The second kappa shape index (κ2) is 56.5. The number of ether oxygens (including phenoxy) is 3. The Bertz CT molecular complexity index is 1080. The van der Waals surface area contributed by atoms with Crippen molar-refractivity contribution in [2.24, 2.45) is 0 Å². The number of esters is 3. The van der Waals surface area contributed by atoms with Crippen LogP contribution in [-0.4, -0.2) is 37.2 Å². The standard InChI is InChI=1S/C61H114O6/c1-4-7-10-13-16-19-22-25-27-29-30-32-33-36-39-42-45-48-51-54-60(63)66-57-58(56-65-59(62)53-50-47-44-41-38-35-24-21-18-15-12-9-6-3)67-61(64)55-52-49-46-43-40-37-34-31-28-26-23-20-17-14-11-8-5-2/h16,19,25,27,58H,4-15,17-18,20-24,26,28-57H2,1-3H3/b19-16-,27-25-. The van der Waals surface area contributed by atoms with Crippen molar-refractivity contribution in [2.75, 3.05) is 13.2 Å². The van der Waals surface area contributed by atoms with Gasteiger partial charge in [0.25, 0.3) is 0 Å². The zero-order valence-electron chi connectivity index (χ0n) is 45.2. The number of hydrogen-bond acceptors (Lipinski definition) is 6. The Hall–Kier alpha value is -2.11. The molecule has 67 heavy (non-hydrogen) atoms. The van der Waals surface area contributed by atoms with Gasteiger partial charge in [0.2, 0.25) is 0 Å². The Morgan fingerprint density at radius 3 is 0.851 bits per heavy atom. The van der Waals surface area contributed by atoms with E-state index in [9.17, 15) is 14.4 Å². The van der Waals surface area contributed by atoms with E-state index in [-0.39, 0.29) is 31.1 Å². The fourth-order valence-electron chi connectivity index (χ4n) is 8.95. The minimum atomic E-state index is -0.767. The first-order chi connectivity index (χ1) is 33.0. The molecule has 0 saturated carbocycles. The fourth-order valence-corrected chi connectivity index (χ4v) is 8.95. The van der Waals surface area contributed by atoms with E-state index in [0.717, 1.165) is 64.2 Å². The molecule has 0 rings (SSSR count). The molecule has 0 spiro atoms. The van der Waals surface area contributed by atoms with E-state index in [2.05, 4.69) is 45.1 Å². The van der Waals surface area contributed by atoms with Gasteiger partial charge < -0.3 is 14.2 Å². The van der Waals surface area contributed by atoms with Crippen molar-refractivity contribution in [1.82, 2.24) is 0 Å². The van der Waals surface area contributed by atoms with E-state index in [1.807, 2.05) is 0 Å². The van der Waals surface area contributed by atoms with Gasteiger partial charge in [0, 0.05) is 19.3 Å². The summed E-state index contributed by atoms with van der Waals surface area (Å²) in [5, 5.41) is 0. The zero-order chi connectivity index (χ0) is 48.6. The molecule has 0 aliphatic carbocycles. The van der Waals surface area contributed by atoms with Gasteiger partial charge in [0.1, 0.15) is 13.2 Å². The van der Waals surface area contributed by atoms with E-state index in [4.69, 9.17) is 14.2 Å². The number of unbranched alkanes of at least 4 members (excludes halogenated alkanes) is 40. The Labute approximate surface area is 417 Å². The SMILES string of the molecule is CCCCC/C=C\C/C=C\CCCCCCCCCCCC(=O)OCC(COC(=O)CCCCCCCCCCCCCCC)OC(=O)CCCCCCCCCCCCCCCCCCC. The van der Waals surface area contributed by atoms with Crippen LogP contribution in [0.1, 0.15) is 329 Å². The highest BCUT2D eigenvalue weighted by molar-refractivity contribution is 5.71. The molecule has 0 fully saturated rings. The Kier molecular flexibility index (Phi) is 54.7. The fraction of sp³-hybridized carbons (Fsp3) is 0.885. The highest BCUT2D eigenvalue weighted by atomic mass is 16.6. The normalized spacial score (nSPS) is 12.1. The molecule has 0 aromatic heterocycles. The lowest BCUT2D eigenvalue weighted by Gasteiger charge is -2.18. The molecule has 0 heterocycles. The van der Waals surface area contributed by atoms with Gasteiger partial charge in [0.05, 0.1) is 0 Å². The highest BCUT2D eigenvalue weighted by Crippen LogP contribution is 2.17. The summed E-state index contributed by atoms with van der Waals surface area (Å²) < 4.78 is 16.9. The van der Waals surface area contributed by atoms with Crippen LogP contribution in [0.2, 0.25) is 0 Å². The van der Waals surface area contributed by atoms with Crippen LogP contribution in [0.25, 0.3) is 0 Å². The average molecular weight is 944 g/mol. The largest absolute Gasteiger partial charge is 0.462 e. The molecule has 6 heteroatoms. The van der Waals surface area contributed by atoms with Crippen LogP contribution in [-0.2, 0) is 28.6 Å². The first kappa shape index (κ1) is 64.9. The van der Waals surface area contributed by atoms with Crippen molar-refractivity contribution in [3.8, 4) is 0 Å². The molecule has 0 aliphatic heterocycles. The van der Waals surface area contributed by atoms with Crippen molar-refractivity contribution < 1.29 is 28.6 Å². The van der Waals surface area contributed by atoms with E-state index in [1.54, 1.807) is 0 Å². The lowest BCUT2D eigenvalue weighted by molar-refractivity contribution is -0.167. The maximum atomic E-state index is 12.9. The van der Waals surface area contributed by atoms with Gasteiger partial charge in [-0.1, -0.05) is 283 Å². The molecule has 0 bridgehead atoms. The van der Waals surface area contributed by atoms with E-state index in [1.165, 1.54) is 225 Å². The number of carbonyl (C=O) groups excluding carboxylic acids is 3. The molecule has 0 N–H and O–H groups in total. The Morgan fingerprint density at radius 2 is 0.537 bits per heavy atom. The first-order valence-corrected chi connectivity index (χ1v) is 29.8. The molecule has 0 saturated heterocycles. The van der Waals surface area contributed by atoms with Crippen LogP contribution in [0, 0.1) is 0 Å². The lowest BCUT2D eigenvalue weighted by Crippen LogP contribution is -2.30. The molecule has 1 atom stereocenters. The number of rotatable bonds is 55. The molecule has 0 aliphatic rings. The number of carbonyl (C=O) groups is 3. The van der Waals surface area contributed by atoms with E-state index >= 15 is 0 Å². The van der Waals surface area contributed by atoms with Crippen molar-refractivity contribution >= 4 is 17.9 Å². The third kappa shape index (κ3) is 54.7. The molecule has 0 aromatic rings. The van der Waals surface area contributed by atoms with Gasteiger partial charge in [-0.3, -0.25) is 14.4 Å². The van der Waals surface area contributed by atoms with Crippen LogP contribution >= 0.6 is 0 Å². The molecular formula is C61H114O6. The monoisotopic (exact) mass is 943 g/mol. The Balaban J connectivity index is 4.30. The van der Waals surface area contributed by atoms with E-state index in [0.29, 0.717) is 19.3 Å². The summed E-state index contributed by atoms with van der Waals surface area (Å²) in [6, 6.07) is 0. The van der Waals surface area contributed by atoms with Crippen molar-refractivity contribution in [3.05, 3.63) is 24.3 Å². The molecule has 394 valence electrons. The van der Waals surface area contributed by atoms with Crippen LogP contribution in [0.15, 0.2) is 24.3 Å². The predicted octanol–water partition coefficient (Wildman–Crippen LogP) is 19.9. The Morgan fingerprint density at radius 1 is 0.299 bits per heavy atom. The average Bonchev–Trinajstić information content (AvgIpc) is 3.33. The molecule has 0 aromatic carbocycles. The second-order valence-corrected chi connectivity index (χ2v) is 20.3. The van der Waals surface area contributed by atoms with Crippen LogP contribution in [0.4, 0.5) is 0 Å². The van der Waals surface area contributed by atoms with Crippen LogP contribution in [0.5, 0.6) is 0 Å². The molecule has 6 nitrogen and oxygen atoms in total. The van der Waals surface area contributed by atoms with E-state index < -0.39 is 6.10 Å². The van der Waals surface area contributed by atoms with Crippen LogP contribution < -0.4 is 0 Å². The molecule has 0 radical (unpaired) electrons. The minimum absolute atomic E-state index is 0.0666. The zero-order valence-corrected chi connectivity index (χ0v) is 45.2. The quantitative estimate of drug-likeness (QED) is 0.0262. The second-order valence-electron chi connectivity index (χ2n) is 20.3. The van der Waals surface area contributed by atoms with Gasteiger partial charge in [-0.2, -0.15) is 0 Å². The van der Waals surface area contributed by atoms with Crippen molar-refractivity contribution in [3.63, 3.8) is 0 Å². The lowest BCUT2D eigenvalue weighted by atomic mass is 10.0. The minimum Gasteiger partial charge on any atom is -0.462 e. The summed E-state index contributed by atoms with van der Waals surface area (Å²) in [4.78, 5) is 38.2. The first-order valence-electron chi connectivity index (χ1n) is 29.8. The molecular weight excluding hydrogens is 829 g/mol. The van der Waals surface area contributed by atoms with Crippen molar-refractivity contribution in [2.45, 2.75) is 335 Å². The third-order valence-electron chi connectivity index (χ3n) is 13.5. The summed E-state index contributed by atoms with van der Waals surface area (Å²) in [5.41, 5.74) is 0. The van der Waals surface area contributed by atoms with Gasteiger partial charge in [0.15, 0.2) is 6.10 Å². The summed E-state index contributed by atoms with van der Waals surface area (Å²) in [6.07, 6.45) is 65.9.